The lowest BCUT2D eigenvalue weighted by Gasteiger charge is -2.12. The average molecular weight is 157 g/mol. The quantitative estimate of drug-likeness (QED) is 0.563. The Balaban J connectivity index is 2.15. The summed E-state index contributed by atoms with van der Waals surface area (Å²) in [5.74, 6) is 0. The fourth-order valence-electron chi connectivity index (χ4n) is 1.08. The summed E-state index contributed by atoms with van der Waals surface area (Å²) in [6, 6.07) is 0.117. The molecule has 1 rings (SSSR count). The third kappa shape index (κ3) is 2.61. The highest BCUT2D eigenvalue weighted by Crippen LogP contribution is 2.03. The van der Waals surface area contributed by atoms with Gasteiger partial charge in [0.05, 0.1) is 25.4 Å². The first-order valence-corrected chi connectivity index (χ1v) is 3.95. The van der Waals surface area contributed by atoms with Gasteiger partial charge in [0.1, 0.15) is 0 Å². The highest BCUT2D eigenvalue weighted by Gasteiger charge is 2.24. The lowest BCUT2D eigenvalue weighted by atomic mass is 10.2. The van der Waals surface area contributed by atoms with Crippen LogP contribution in [0.15, 0.2) is 12.2 Å². The van der Waals surface area contributed by atoms with Crippen molar-refractivity contribution in [2.45, 2.75) is 19.1 Å². The van der Waals surface area contributed by atoms with E-state index in [1.54, 1.807) is 0 Å². The Hall–Kier alpha value is -0.380. The van der Waals surface area contributed by atoms with Gasteiger partial charge >= 0.3 is 0 Å². The van der Waals surface area contributed by atoms with E-state index >= 15 is 0 Å². The minimum absolute atomic E-state index is 0.117. The van der Waals surface area contributed by atoms with Gasteiger partial charge in [-0.1, -0.05) is 12.2 Å². The van der Waals surface area contributed by atoms with Crippen molar-refractivity contribution in [2.75, 3.05) is 19.8 Å². The molecule has 3 nitrogen and oxygen atoms in total. The van der Waals surface area contributed by atoms with Crippen LogP contribution in [0.3, 0.4) is 0 Å². The molecule has 0 aromatic rings. The van der Waals surface area contributed by atoms with Crippen LogP contribution in [0.5, 0.6) is 0 Å². The largest absolute Gasteiger partial charge is 0.389 e. The van der Waals surface area contributed by atoms with Crippen LogP contribution in [0, 0.1) is 0 Å². The van der Waals surface area contributed by atoms with E-state index in [1.165, 1.54) is 0 Å². The SMILES string of the molecule is C/C=C/CN[C@@H]1COC[C@H]1O. The minimum Gasteiger partial charge on any atom is -0.389 e. The van der Waals surface area contributed by atoms with Crippen LogP contribution >= 0.6 is 0 Å². The van der Waals surface area contributed by atoms with E-state index in [9.17, 15) is 5.11 Å². The number of hydrogen-bond donors (Lipinski definition) is 2. The molecule has 1 saturated heterocycles. The summed E-state index contributed by atoms with van der Waals surface area (Å²) in [4.78, 5) is 0. The monoisotopic (exact) mass is 157 g/mol. The molecule has 0 bridgehead atoms. The molecule has 0 saturated carbocycles. The van der Waals surface area contributed by atoms with Crippen molar-refractivity contribution >= 4 is 0 Å². The lowest BCUT2D eigenvalue weighted by Crippen LogP contribution is -2.38. The zero-order chi connectivity index (χ0) is 8.10. The molecule has 0 aromatic heterocycles. The van der Waals surface area contributed by atoms with Crippen molar-refractivity contribution in [3.05, 3.63) is 12.2 Å². The van der Waals surface area contributed by atoms with Gasteiger partial charge in [-0.25, -0.2) is 0 Å². The van der Waals surface area contributed by atoms with Gasteiger partial charge in [-0.05, 0) is 6.92 Å². The minimum atomic E-state index is -0.333. The fraction of sp³-hybridized carbons (Fsp3) is 0.750. The van der Waals surface area contributed by atoms with Crippen molar-refractivity contribution in [1.29, 1.82) is 0 Å². The van der Waals surface area contributed by atoms with Gasteiger partial charge in [-0.2, -0.15) is 0 Å². The molecule has 2 atom stereocenters. The molecule has 0 unspecified atom stereocenters. The van der Waals surface area contributed by atoms with Gasteiger partial charge in [0.25, 0.3) is 0 Å². The van der Waals surface area contributed by atoms with E-state index in [4.69, 9.17) is 4.74 Å². The molecule has 1 aliphatic rings. The van der Waals surface area contributed by atoms with Gasteiger partial charge in [-0.15, -0.1) is 0 Å². The van der Waals surface area contributed by atoms with Crippen molar-refractivity contribution in [3.8, 4) is 0 Å². The van der Waals surface area contributed by atoms with Gasteiger partial charge < -0.3 is 15.2 Å². The van der Waals surface area contributed by atoms with Crippen LogP contribution in [0.1, 0.15) is 6.92 Å². The van der Waals surface area contributed by atoms with Crippen LogP contribution in [0.4, 0.5) is 0 Å². The van der Waals surface area contributed by atoms with Crippen LogP contribution in [0.2, 0.25) is 0 Å². The summed E-state index contributed by atoms with van der Waals surface area (Å²) < 4.78 is 5.06. The van der Waals surface area contributed by atoms with E-state index in [-0.39, 0.29) is 12.1 Å². The fourth-order valence-corrected chi connectivity index (χ4v) is 1.08. The molecule has 0 aliphatic carbocycles. The Kier molecular flexibility index (Phi) is 3.56. The highest BCUT2D eigenvalue weighted by molar-refractivity contribution is 4.86. The number of hydrogen-bond acceptors (Lipinski definition) is 3. The van der Waals surface area contributed by atoms with Crippen LogP contribution in [-0.2, 0) is 4.74 Å². The Morgan fingerprint density at radius 1 is 1.64 bits per heavy atom. The number of allylic oxidation sites excluding steroid dienone is 1. The predicted molar refractivity (Wildman–Crippen MR) is 43.4 cm³/mol. The number of rotatable bonds is 3. The zero-order valence-corrected chi connectivity index (χ0v) is 6.79. The second kappa shape index (κ2) is 4.49. The van der Waals surface area contributed by atoms with Crippen molar-refractivity contribution in [3.63, 3.8) is 0 Å². The summed E-state index contributed by atoms with van der Waals surface area (Å²) >= 11 is 0. The second-order valence-electron chi connectivity index (χ2n) is 2.69. The van der Waals surface area contributed by atoms with E-state index < -0.39 is 0 Å². The molecular weight excluding hydrogens is 142 g/mol. The molecule has 1 aliphatic heterocycles. The second-order valence-corrected chi connectivity index (χ2v) is 2.69. The molecular formula is C8H15NO2. The zero-order valence-electron chi connectivity index (χ0n) is 6.79. The first-order chi connectivity index (χ1) is 5.34. The van der Waals surface area contributed by atoms with Crippen LogP contribution in [-0.4, -0.2) is 37.0 Å². The Morgan fingerprint density at radius 2 is 2.45 bits per heavy atom. The lowest BCUT2D eigenvalue weighted by molar-refractivity contribution is 0.122. The Bertz CT molecular complexity index is 136. The Labute approximate surface area is 67.1 Å². The maximum atomic E-state index is 9.28. The number of aliphatic hydroxyl groups is 1. The molecule has 0 spiro atoms. The van der Waals surface area contributed by atoms with Crippen LogP contribution in [0.25, 0.3) is 0 Å². The number of aliphatic hydroxyl groups excluding tert-OH is 1. The summed E-state index contributed by atoms with van der Waals surface area (Å²) in [5.41, 5.74) is 0. The maximum Gasteiger partial charge on any atom is 0.0948 e. The van der Waals surface area contributed by atoms with E-state index in [0.29, 0.717) is 13.2 Å². The summed E-state index contributed by atoms with van der Waals surface area (Å²) in [6.45, 7) is 3.87. The van der Waals surface area contributed by atoms with Crippen molar-refractivity contribution in [1.82, 2.24) is 5.32 Å². The summed E-state index contributed by atoms with van der Waals surface area (Å²) in [5, 5.41) is 12.4. The molecule has 1 fully saturated rings. The third-order valence-corrected chi connectivity index (χ3v) is 1.78. The molecule has 11 heavy (non-hydrogen) atoms. The summed E-state index contributed by atoms with van der Waals surface area (Å²) in [6.07, 6.45) is 3.67. The predicted octanol–water partition coefficient (Wildman–Crippen LogP) is -0.0882. The van der Waals surface area contributed by atoms with Gasteiger partial charge in [0.15, 0.2) is 0 Å². The molecule has 1 heterocycles. The van der Waals surface area contributed by atoms with E-state index in [1.807, 2.05) is 19.1 Å². The first-order valence-electron chi connectivity index (χ1n) is 3.95. The molecule has 2 N–H and O–H groups in total. The third-order valence-electron chi connectivity index (χ3n) is 1.78. The normalized spacial score (nSPS) is 31.8. The average Bonchev–Trinajstić information content (AvgIpc) is 2.37. The molecule has 0 radical (unpaired) electrons. The van der Waals surface area contributed by atoms with Crippen LogP contribution < -0.4 is 5.32 Å². The van der Waals surface area contributed by atoms with Gasteiger partial charge in [-0.3, -0.25) is 0 Å². The number of ether oxygens (including phenoxy) is 1. The van der Waals surface area contributed by atoms with Gasteiger partial charge in [0.2, 0.25) is 0 Å². The molecule has 0 aromatic carbocycles. The smallest absolute Gasteiger partial charge is 0.0948 e. The maximum absolute atomic E-state index is 9.28. The van der Waals surface area contributed by atoms with Crippen molar-refractivity contribution in [2.24, 2.45) is 0 Å². The van der Waals surface area contributed by atoms with E-state index in [2.05, 4.69) is 5.32 Å². The summed E-state index contributed by atoms with van der Waals surface area (Å²) in [7, 11) is 0. The molecule has 0 amide bonds. The molecule has 3 heteroatoms. The molecule has 64 valence electrons. The Morgan fingerprint density at radius 3 is 3.00 bits per heavy atom. The van der Waals surface area contributed by atoms with E-state index in [0.717, 1.165) is 6.54 Å². The van der Waals surface area contributed by atoms with Gasteiger partial charge in [0, 0.05) is 6.54 Å². The highest BCUT2D eigenvalue weighted by atomic mass is 16.5. The van der Waals surface area contributed by atoms with Crippen molar-refractivity contribution < 1.29 is 9.84 Å². The topological polar surface area (TPSA) is 41.5 Å². The number of nitrogens with one attached hydrogen (secondary N) is 1. The standard InChI is InChI=1S/C8H15NO2/c1-2-3-4-9-7-5-11-6-8(7)10/h2-3,7-10H,4-6H2,1H3/b3-2+/t7-,8-/m1/s1. The first kappa shape index (κ1) is 8.71.